The number of carbonyl (C=O) groups is 1. The van der Waals surface area contributed by atoms with E-state index in [1.807, 2.05) is 23.6 Å². The number of amides is 1. The lowest BCUT2D eigenvalue weighted by molar-refractivity contribution is -0.116. The molecule has 0 N–H and O–H groups in total. The van der Waals surface area contributed by atoms with Gasteiger partial charge in [-0.15, -0.1) is 22.7 Å². The monoisotopic (exact) mass is 337 g/mol. The van der Waals surface area contributed by atoms with E-state index in [2.05, 4.69) is 42.9 Å². The molecule has 0 saturated carbocycles. The summed E-state index contributed by atoms with van der Waals surface area (Å²) >= 11 is 3.37. The molecule has 2 aromatic rings. The van der Waals surface area contributed by atoms with Gasteiger partial charge in [0.25, 0.3) is 0 Å². The highest BCUT2D eigenvalue weighted by Crippen LogP contribution is 2.28. The SMILES string of the molecule is CCN(C(C)=O)c1nc(CN(C)C(C)c2ccc(C)s2)cs1. The number of anilines is 1. The molecule has 0 aliphatic carbocycles. The maximum atomic E-state index is 11.6. The highest BCUT2D eigenvalue weighted by molar-refractivity contribution is 7.14. The summed E-state index contributed by atoms with van der Waals surface area (Å²) in [5.41, 5.74) is 1.02. The van der Waals surface area contributed by atoms with Crippen molar-refractivity contribution in [3.05, 3.63) is 33.0 Å². The van der Waals surface area contributed by atoms with Crippen molar-refractivity contribution in [1.29, 1.82) is 0 Å². The van der Waals surface area contributed by atoms with Crippen molar-refractivity contribution in [3.63, 3.8) is 0 Å². The number of hydrogen-bond donors (Lipinski definition) is 0. The minimum atomic E-state index is 0.0409. The number of aromatic nitrogens is 1. The van der Waals surface area contributed by atoms with Gasteiger partial charge in [0.2, 0.25) is 5.91 Å². The van der Waals surface area contributed by atoms with Crippen LogP contribution in [-0.4, -0.2) is 29.4 Å². The number of hydrogen-bond acceptors (Lipinski definition) is 5. The average molecular weight is 338 g/mol. The molecule has 1 atom stereocenters. The average Bonchev–Trinajstić information content (AvgIpc) is 3.08. The van der Waals surface area contributed by atoms with Crippen molar-refractivity contribution in [2.75, 3.05) is 18.5 Å². The lowest BCUT2D eigenvalue weighted by atomic mass is 10.2. The van der Waals surface area contributed by atoms with Gasteiger partial charge in [0.1, 0.15) is 0 Å². The Kier molecular flexibility index (Phi) is 5.72. The summed E-state index contributed by atoms with van der Waals surface area (Å²) in [7, 11) is 2.11. The Morgan fingerprint density at radius 2 is 2.14 bits per heavy atom. The molecule has 2 heterocycles. The Balaban J connectivity index is 2.04. The van der Waals surface area contributed by atoms with Crippen molar-refractivity contribution in [2.45, 2.75) is 40.3 Å². The molecule has 22 heavy (non-hydrogen) atoms. The van der Waals surface area contributed by atoms with E-state index in [9.17, 15) is 4.79 Å². The molecular formula is C16H23N3OS2. The smallest absolute Gasteiger partial charge is 0.225 e. The van der Waals surface area contributed by atoms with Crippen LogP contribution < -0.4 is 4.90 Å². The molecule has 1 unspecified atom stereocenters. The summed E-state index contributed by atoms with van der Waals surface area (Å²) in [6.07, 6.45) is 0. The van der Waals surface area contributed by atoms with Gasteiger partial charge in [-0.1, -0.05) is 0 Å². The van der Waals surface area contributed by atoms with Crippen LogP contribution in [0.3, 0.4) is 0 Å². The van der Waals surface area contributed by atoms with Gasteiger partial charge in [0, 0.05) is 41.2 Å². The molecule has 4 nitrogen and oxygen atoms in total. The molecule has 2 rings (SSSR count). The first-order chi connectivity index (χ1) is 10.4. The van der Waals surface area contributed by atoms with Gasteiger partial charge < -0.3 is 0 Å². The van der Waals surface area contributed by atoms with Gasteiger partial charge in [0.05, 0.1) is 5.69 Å². The summed E-state index contributed by atoms with van der Waals surface area (Å²) in [5, 5.41) is 2.84. The fraction of sp³-hybridized carbons (Fsp3) is 0.500. The fourth-order valence-electron chi connectivity index (χ4n) is 2.27. The molecule has 1 amide bonds. The molecule has 0 radical (unpaired) electrons. The second-order valence-corrected chi connectivity index (χ2v) is 7.58. The Bertz CT molecular complexity index is 635. The minimum absolute atomic E-state index is 0.0409. The number of aryl methyl sites for hydroxylation is 1. The number of rotatable bonds is 6. The molecule has 0 fully saturated rings. The molecule has 0 aliphatic rings. The van der Waals surface area contributed by atoms with Gasteiger partial charge in [-0.05, 0) is 40.0 Å². The standard InChI is InChI=1S/C16H23N3OS2/c1-6-19(13(4)20)16-17-14(10-21-16)9-18(5)12(3)15-8-7-11(2)22-15/h7-8,10,12H,6,9H2,1-5H3. The highest BCUT2D eigenvalue weighted by atomic mass is 32.1. The van der Waals surface area contributed by atoms with E-state index < -0.39 is 0 Å². The lowest BCUT2D eigenvalue weighted by Gasteiger charge is -2.22. The van der Waals surface area contributed by atoms with Gasteiger partial charge >= 0.3 is 0 Å². The van der Waals surface area contributed by atoms with E-state index >= 15 is 0 Å². The molecule has 0 aromatic carbocycles. The molecule has 0 saturated heterocycles. The fourth-order valence-corrected chi connectivity index (χ4v) is 4.19. The van der Waals surface area contributed by atoms with Crippen LogP contribution in [0.25, 0.3) is 0 Å². The molecule has 0 aliphatic heterocycles. The minimum Gasteiger partial charge on any atom is -0.293 e. The van der Waals surface area contributed by atoms with Crippen molar-refractivity contribution in [3.8, 4) is 0 Å². The van der Waals surface area contributed by atoms with Crippen LogP contribution in [0.2, 0.25) is 0 Å². The number of thiazole rings is 1. The first-order valence-electron chi connectivity index (χ1n) is 7.41. The van der Waals surface area contributed by atoms with Crippen LogP contribution in [0.4, 0.5) is 5.13 Å². The predicted octanol–water partition coefficient (Wildman–Crippen LogP) is 4.08. The third-order valence-corrected chi connectivity index (χ3v) is 5.80. The normalized spacial score (nSPS) is 12.6. The van der Waals surface area contributed by atoms with Crippen LogP contribution in [0.1, 0.15) is 42.3 Å². The maximum absolute atomic E-state index is 11.6. The zero-order valence-electron chi connectivity index (χ0n) is 13.8. The van der Waals surface area contributed by atoms with Crippen molar-refractivity contribution >= 4 is 33.7 Å². The van der Waals surface area contributed by atoms with Crippen molar-refractivity contribution in [2.24, 2.45) is 0 Å². The highest BCUT2D eigenvalue weighted by Gasteiger charge is 2.17. The van der Waals surface area contributed by atoms with Crippen molar-refractivity contribution in [1.82, 2.24) is 9.88 Å². The molecule has 6 heteroatoms. The quantitative estimate of drug-likeness (QED) is 0.797. The molecule has 0 spiro atoms. The zero-order valence-corrected chi connectivity index (χ0v) is 15.4. The molecule has 120 valence electrons. The lowest BCUT2D eigenvalue weighted by Crippen LogP contribution is -2.28. The van der Waals surface area contributed by atoms with E-state index in [1.54, 1.807) is 11.8 Å². The number of thiophene rings is 1. The summed E-state index contributed by atoms with van der Waals surface area (Å²) in [4.78, 5) is 22.9. The third-order valence-electron chi connectivity index (χ3n) is 3.71. The number of carbonyl (C=O) groups excluding carboxylic acids is 1. The summed E-state index contributed by atoms with van der Waals surface area (Å²) in [6.45, 7) is 9.34. The number of nitrogens with zero attached hydrogens (tertiary/aromatic N) is 3. The maximum Gasteiger partial charge on any atom is 0.225 e. The summed E-state index contributed by atoms with van der Waals surface area (Å²) < 4.78 is 0. The van der Waals surface area contributed by atoms with Crippen LogP contribution in [0.15, 0.2) is 17.5 Å². The molecule has 0 bridgehead atoms. The van der Waals surface area contributed by atoms with Crippen molar-refractivity contribution < 1.29 is 4.79 Å². The second-order valence-electron chi connectivity index (χ2n) is 5.42. The van der Waals surface area contributed by atoms with E-state index in [-0.39, 0.29) is 5.91 Å². The Morgan fingerprint density at radius 1 is 1.41 bits per heavy atom. The van der Waals surface area contributed by atoms with Gasteiger partial charge in [0.15, 0.2) is 5.13 Å². The third kappa shape index (κ3) is 3.94. The van der Waals surface area contributed by atoms with E-state index in [1.165, 1.54) is 21.1 Å². The van der Waals surface area contributed by atoms with E-state index in [4.69, 9.17) is 0 Å². The first kappa shape index (κ1) is 17.1. The van der Waals surface area contributed by atoms with Gasteiger partial charge in [-0.25, -0.2) is 4.98 Å². The van der Waals surface area contributed by atoms with Crippen LogP contribution >= 0.6 is 22.7 Å². The predicted molar refractivity (Wildman–Crippen MR) is 94.8 cm³/mol. The van der Waals surface area contributed by atoms with Crippen LogP contribution in [0, 0.1) is 6.92 Å². The Labute approximate surface area is 140 Å². The van der Waals surface area contributed by atoms with Gasteiger partial charge in [-0.3, -0.25) is 14.6 Å². The van der Waals surface area contributed by atoms with E-state index in [0.29, 0.717) is 12.6 Å². The zero-order chi connectivity index (χ0) is 16.3. The Hall–Kier alpha value is -1.24. The Morgan fingerprint density at radius 3 is 2.68 bits per heavy atom. The van der Waals surface area contributed by atoms with E-state index in [0.717, 1.165) is 17.4 Å². The largest absolute Gasteiger partial charge is 0.293 e. The van der Waals surface area contributed by atoms with Gasteiger partial charge in [-0.2, -0.15) is 0 Å². The second kappa shape index (κ2) is 7.35. The molecule has 2 aromatic heterocycles. The molecular weight excluding hydrogens is 314 g/mol. The topological polar surface area (TPSA) is 36.4 Å². The first-order valence-corrected chi connectivity index (χ1v) is 9.11. The summed E-state index contributed by atoms with van der Waals surface area (Å²) in [5.74, 6) is 0.0409. The van der Waals surface area contributed by atoms with Crippen LogP contribution in [-0.2, 0) is 11.3 Å². The summed E-state index contributed by atoms with van der Waals surface area (Å²) in [6, 6.07) is 4.72. The van der Waals surface area contributed by atoms with Crippen LogP contribution in [0.5, 0.6) is 0 Å².